The number of hydrogen-bond acceptors (Lipinski definition) is 4. The Labute approximate surface area is 176 Å². The Morgan fingerprint density at radius 1 is 1.07 bits per heavy atom. The lowest BCUT2D eigenvalue weighted by Crippen LogP contribution is -2.57. The van der Waals surface area contributed by atoms with Gasteiger partial charge in [-0.25, -0.2) is 4.79 Å². The van der Waals surface area contributed by atoms with Gasteiger partial charge in [0.15, 0.2) is 0 Å². The van der Waals surface area contributed by atoms with Gasteiger partial charge in [-0.3, -0.25) is 14.5 Å². The van der Waals surface area contributed by atoms with Crippen molar-refractivity contribution in [3.05, 3.63) is 35.9 Å². The molecule has 1 saturated carbocycles. The van der Waals surface area contributed by atoms with Gasteiger partial charge in [-0.2, -0.15) is 0 Å². The highest BCUT2D eigenvalue weighted by Gasteiger charge is 2.58. The largest absolute Gasteiger partial charge is 0.381 e. The lowest BCUT2D eigenvalue weighted by Gasteiger charge is -2.42. The van der Waals surface area contributed by atoms with Crippen molar-refractivity contribution in [1.29, 1.82) is 0 Å². The first-order valence-electron chi connectivity index (χ1n) is 11.1. The van der Waals surface area contributed by atoms with Gasteiger partial charge in [-0.1, -0.05) is 30.3 Å². The number of likely N-dealkylation sites (tertiary alicyclic amines) is 1. The second-order valence-corrected chi connectivity index (χ2v) is 9.13. The van der Waals surface area contributed by atoms with E-state index in [4.69, 9.17) is 4.74 Å². The average molecular weight is 412 g/mol. The third-order valence-corrected chi connectivity index (χ3v) is 7.12. The molecular formula is C23H29N3O4. The normalized spacial score (nSPS) is 26.1. The van der Waals surface area contributed by atoms with Gasteiger partial charge in [0.25, 0.3) is 5.91 Å². The molecule has 1 spiro atoms. The number of carbonyl (C=O) groups is 3. The van der Waals surface area contributed by atoms with E-state index in [0.717, 1.165) is 24.8 Å². The Hall–Kier alpha value is -2.41. The van der Waals surface area contributed by atoms with E-state index in [0.29, 0.717) is 58.2 Å². The molecule has 7 heteroatoms. The minimum atomic E-state index is -0.829. The van der Waals surface area contributed by atoms with Gasteiger partial charge in [0.2, 0.25) is 5.91 Å². The maximum Gasteiger partial charge on any atom is 0.327 e. The molecule has 1 atom stereocenters. The Bertz CT molecular complexity index is 824. The number of nitrogens with zero attached hydrogens (tertiary/aromatic N) is 3. The Morgan fingerprint density at radius 2 is 1.80 bits per heavy atom. The van der Waals surface area contributed by atoms with Crippen LogP contribution in [0, 0.1) is 11.8 Å². The summed E-state index contributed by atoms with van der Waals surface area (Å²) in [6.45, 7) is 3.12. The number of amides is 4. The third-order valence-electron chi connectivity index (χ3n) is 7.12. The van der Waals surface area contributed by atoms with Gasteiger partial charge in [0.1, 0.15) is 5.54 Å². The smallest absolute Gasteiger partial charge is 0.327 e. The summed E-state index contributed by atoms with van der Waals surface area (Å²) in [5.41, 5.74) is 0.193. The van der Waals surface area contributed by atoms with Crippen LogP contribution in [0.2, 0.25) is 0 Å². The van der Waals surface area contributed by atoms with Crippen LogP contribution in [0.1, 0.15) is 37.7 Å². The Kier molecular flexibility index (Phi) is 5.01. The summed E-state index contributed by atoms with van der Waals surface area (Å²) in [5.74, 6) is 0.456. The van der Waals surface area contributed by atoms with E-state index in [9.17, 15) is 14.4 Å². The Morgan fingerprint density at radius 3 is 2.43 bits per heavy atom. The highest BCUT2D eigenvalue weighted by atomic mass is 16.5. The average Bonchev–Trinajstić information content (AvgIpc) is 3.39. The quantitative estimate of drug-likeness (QED) is 0.697. The van der Waals surface area contributed by atoms with E-state index in [2.05, 4.69) is 0 Å². The molecular weight excluding hydrogens is 382 g/mol. The molecule has 3 heterocycles. The van der Waals surface area contributed by atoms with Crippen LogP contribution in [0.25, 0.3) is 0 Å². The molecule has 3 aliphatic heterocycles. The molecule has 160 valence electrons. The number of carbonyl (C=O) groups excluding carboxylic acids is 3. The molecule has 0 N–H and O–H groups in total. The zero-order valence-corrected chi connectivity index (χ0v) is 17.3. The maximum absolute atomic E-state index is 13.5. The highest BCUT2D eigenvalue weighted by Crippen LogP contribution is 2.41. The molecule has 0 radical (unpaired) electrons. The molecule has 0 aromatic heterocycles. The summed E-state index contributed by atoms with van der Waals surface area (Å²) in [6, 6.07) is 9.68. The van der Waals surface area contributed by atoms with Crippen molar-refractivity contribution in [2.24, 2.45) is 11.8 Å². The van der Waals surface area contributed by atoms with Crippen LogP contribution in [0.3, 0.4) is 0 Å². The first-order valence-corrected chi connectivity index (χ1v) is 11.1. The lowest BCUT2D eigenvalue weighted by molar-refractivity contribution is -0.143. The SMILES string of the molecule is O=C(C1CCOC1)N1CCC2(CC1)C(=O)N(CC1CC1)C(=O)N2Cc1ccccc1. The molecule has 4 fully saturated rings. The number of imide groups is 1. The van der Waals surface area contributed by atoms with Crippen LogP contribution in [0.15, 0.2) is 30.3 Å². The van der Waals surface area contributed by atoms with Crippen LogP contribution in [-0.4, -0.2) is 70.9 Å². The van der Waals surface area contributed by atoms with Gasteiger partial charge >= 0.3 is 6.03 Å². The molecule has 7 nitrogen and oxygen atoms in total. The summed E-state index contributed by atoms with van der Waals surface area (Å²) in [7, 11) is 0. The first-order chi connectivity index (χ1) is 14.6. The van der Waals surface area contributed by atoms with Gasteiger partial charge in [-0.15, -0.1) is 0 Å². The van der Waals surface area contributed by atoms with E-state index in [-0.39, 0.29) is 23.8 Å². The monoisotopic (exact) mass is 411 g/mol. The number of ether oxygens (including phenoxy) is 1. The summed E-state index contributed by atoms with van der Waals surface area (Å²) in [6.07, 6.45) is 3.96. The number of rotatable bonds is 5. The van der Waals surface area contributed by atoms with Crippen LogP contribution in [-0.2, 0) is 20.9 Å². The van der Waals surface area contributed by atoms with Crippen LogP contribution in [0.4, 0.5) is 4.79 Å². The van der Waals surface area contributed by atoms with Crippen molar-refractivity contribution in [2.45, 2.75) is 44.2 Å². The van der Waals surface area contributed by atoms with Crippen LogP contribution in [0.5, 0.6) is 0 Å². The van der Waals surface area contributed by atoms with E-state index in [1.54, 1.807) is 4.90 Å². The zero-order valence-electron chi connectivity index (χ0n) is 17.3. The minimum Gasteiger partial charge on any atom is -0.381 e. The van der Waals surface area contributed by atoms with Crippen molar-refractivity contribution < 1.29 is 19.1 Å². The molecule has 3 saturated heterocycles. The van der Waals surface area contributed by atoms with Crippen molar-refractivity contribution in [3.8, 4) is 0 Å². The number of hydrogen-bond donors (Lipinski definition) is 0. The van der Waals surface area contributed by atoms with Gasteiger partial charge in [-0.05, 0) is 43.6 Å². The first kappa shape index (κ1) is 19.5. The Balaban J connectivity index is 1.36. The number of piperidine rings is 1. The van der Waals surface area contributed by atoms with Crippen molar-refractivity contribution in [2.75, 3.05) is 32.8 Å². The van der Waals surface area contributed by atoms with E-state index < -0.39 is 5.54 Å². The molecule has 5 rings (SSSR count). The second-order valence-electron chi connectivity index (χ2n) is 9.13. The van der Waals surface area contributed by atoms with Crippen LogP contribution >= 0.6 is 0 Å². The molecule has 1 unspecified atom stereocenters. The van der Waals surface area contributed by atoms with Gasteiger partial charge < -0.3 is 14.5 Å². The molecule has 1 aromatic carbocycles. The molecule has 4 amide bonds. The van der Waals surface area contributed by atoms with Crippen LogP contribution < -0.4 is 0 Å². The van der Waals surface area contributed by atoms with E-state index >= 15 is 0 Å². The number of benzene rings is 1. The van der Waals surface area contributed by atoms with E-state index in [1.807, 2.05) is 35.2 Å². The minimum absolute atomic E-state index is 0.0632. The fourth-order valence-electron chi connectivity index (χ4n) is 5.06. The molecule has 4 aliphatic rings. The predicted octanol–water partition coefficient (Wildman–Crippen LogP) is 2.26. The summed E-state index contributed by atoms with van der Waals surface area (Å²) >= 11 is 0. The topological polar surface area (TPSA) is 70.2 Å². The van der Waals surface area contributed by atoms with Gasteiger partial charge in [0.05, 0.1) is 12.5 Å². The molecule has 30 heavy (non-hydrogen) atoms. The van der Waals surface area contributed by atoms with Crippen molar-refractivity contribution in [3.63, 3.8) is 0 Å². The van der Waals surface area contributed by atoms with Crippen molar-refractivity contribution in [1.82, 2.24) is 14.7 Å². The molecule has 1 aromatic rings. The standard InChI is InChI=1S/C23H29N3O4/c27-20(19-8-13-30-16-19)24-11-9-23(10-12-24)21(28)25(14-18-6-7-18)22(29)26(23)15-17-4-2-1-3-5-17/h1-5,18-19H,6-16H2. The summed E-state index contributed by atoms with van der Waals surface area (Å²) in [4.78, 5) is 44.8. The van der Waals surface area contributed by atoms with E-state index in [1.165, 1.54) is 4.90 Å². The second kappa shape index (κ2) is 7.69. The van der Waals surface area contributed by atoms with Crippen molar-refractivity contribution >= 4 is 17.8 Å². The highest BCUT2D eigenvalue weighted by molar-refractivity contribution is 6.07. The van der Waals surface area contributed by atoms with Gasteiger partial charge in [0, 0.05) is 32.8 Å². The zero-order chi connectivity index (χ0) is 20.7. The molecule has 0 bridgehead atoms. The third kappa shape index (κ3) is 3.39. The lowest BCUT2D eigenvalue weighted by atomic mass is 9.85. The fraction of sp³-hybridized carbons (Fsp3) is 0.609. The fourth-order valence-corrected chi connectivity index (χ4v) is 5.06. The number of urea groups is 1. The summed E-state index contributed by atoms with van der Waals surface area (Å²) < 4.78 is 5.37. The predicted molar refractivity (Wildman–Crippen MR) is 109 cm³/mol. The maximum atomic E-state index is 13.5. The molecule has 1 aliphatic carbocycles. The summed E-state index contributed by atoms with van der Waals surface area (Å²) in [5, 5.41) is 0.